The van der Waals surface area contributed by atoms with Gasteiger partial charge in [-0.05, 0) is 24.6 Å². The molecule has 0 radical (unpaired) electrons. The summed E-state index contributed by atoms with van der Waals surface area (Å²) in [7, 11) is 0. The Morgan fingerprint density at radius 2 is 2.16 bits per heavy atom. The zero-order chi connectivity index (χ0) is 13.8. The Labute approximate surface area is 115 Å². The van der Waals surface area contributed by atoms with Gasteiger partial charge in [-0.2, -0.15) is 0 Å². The number of hydrogen-bond acceptors (Lipinski definition) is 4. The van der Waals surface area contributed by atoms with Gasteiger partial charge in [-0.15, -0.1) is 0 Å². The van der Waals surface area contributed by atoms with Crippen LogP contribution in [0, 0.1) is 6.92 Å². The number of aliphatic hydroxyl groups excluding tert-OH is 1. The minimum Gasteiger partial charge on any atom is -0.394 e. The lowest BCUT2D eigenvalue weighted by Gasteiger charge is -2.15. The van der Waals surface area contributed by atoms with Crippen LogP contribution in [0.5, 0.6) is 0 Å². The van der Waals surface area contributed by atoms with Crippen molar-refractivity contribution in [1.29, 1.82) is 0 Å². The SMILES string of the molecule is Cc1cc(C(=O)NC(CO)c2ccc(Cl)cc2)on1. The molecule has 1 heterocycles. The van der Waals surface area contributed by atoms with Gasteiger partial charge in [0.05, 0.1) is 18.3 Å². The normalized spacial score (nSPS) is 12.2. The monoisotopic (exact) mass is 280 g/mol. The number of carbonyl (C=O) groups excluding carboxylic acids is 1. The lowest BCUT2D eigenvalue weighted by molar-refractivity contribution is 0.0879. The Morgan fingerprint density at radius 3 is 2.68 bits per heavy atom. The summed E-state index contributed by atoms with van der Waals surface area (Å²) in [5, 5.41) is 16.3. The lowest BCUT2D eigenvalue weighted by atomic mass is 10.1. The maximum absolute atomic E-state index is 11.9. The molecule has 1 unspecified atom stereocenters. The zero-order valence-electron chi connectivity index (χ0n) is 10.3. The molecule has 19 heavy (non-hydrogen) atoms. The number of benzene rings is 1. The molecule has 0 saturated heterocycles. The zero-order valence-corrected chi connectivity index (χ0v) is 11.0. The first-order valence-electron chi connectivity index (χ1n) is 5.70. The van der Waals surface area contributed by atoms with E-state index < -0.39 is 11.9 Å². The van der Waals surface area contributed by atoms with Gasteiger partial charge in [0.25, 0.3) is 5.91 Å². The molecule has 5 nitrogen and oxygen atoms in total. The van der Waals surface area contributed by atoms with E-state index in [0.29, 0.717) is 10.7 Å². The fraction of sp³-hybridized carbons (Fsp3) is 0.231. The van der Waals surface area contributed by atoms with Gasteiger partial charge in [0.15, 0.2) is 0 Å². The van der Waals surface area contributed by atoms with Gasteiger partial charge < -0.3 is 14.9 Å². The van der Waals surface area contributed by atoms with Crippen LogP contribution in [0.3, 0.4) is 0 Å². The van der Waals surface area contributed by atoms with Crippen LogP contribution in [0.25, 0.3) is 0 Å². The standard InChI is InChI=1S/C13H13ClN2O3/c1-8-6-12(19-16-8)13(18)15-11(7-17)9-2-4-10(14)5-3-9/h2-6,11,17H,7H2,1H3,(H,15,18). The number of nitrogens with zero attached hydrogens (tertiary/aromatic N) is 1. The van der Waals surface area contributed by atoms with Gasteiger partial charge in [0.1, 0.15) is 0 Å². The molecule has 0 bridgehead atoms. The van der Waals surface area contributed by atoms with Crippen molar-refractivity contribution in [2.24, 2.45) is 0 Å². The molecule has 1 atom stereocenters. The molecule has 100 valence electrons. The number of aromatic nitrogens is 1. The number of halogens is 1. The Kier molecular flexibility index (Phi) is 4.19. The third-order valence-corrected chi connectivity index (χ3v) is 2.86. The summed E-state index contributed by atoms with van der Waals surface area (Å²) in [6.45, 7) is 1.50. The van der Waals surface area contributed by atoms with Crippen LogP contribution >= 0.6 is 11.6 Å². The van der Waals surface area contributed by atoms with Crippen molar-refractivity contribution in [1.82, 2.24) is 10.5 Å². The van der Waals surface area contributed by atoms with Crippen LogP contribution in [-0.4, -0.2) is 22.8 Å². The first kappa shape index (κ1) is 13.6. The minimum absolute atomic E-state index is 0.116. The Bertz CT molecular complexity index is 566. The van der Waals surface area contributed by atoms with Gasteiger partial charge >= 0.3 is 0 Å². The summed E-state index contributed by atoms with van der Waals surface area (Å²) >= 11 is 5.79. The van der Waals surface area contributed by atoms with Crippen LogP contribution in [0.2, 0.25) is 5.02 Å². The van der Waals surface area contributed by atoms with E-state index in [1.807, 2.05) is 0 Å². The van der Waals surface area contributed by atoms with Crippen LogP contribution in [0.4, 0.5) is 0 Å². The van der Waals surface area contributed by atoms with Crippen molar-refractivity contribution in [2.45, 2.75) is 13.0 Å². The molecule has 1 amide bonds. The van der Waals surface area contributed by atoms with E-state index in [9.17, 15) is 9.90 Å². The predicted molar refractivity (Wildman–Crippen MR) is 70.0 cm³/mol. The van der Waals surface area contributed by atoms with E-state index in [1.54, 1.807) is 31.2 Å². The number of carbonyl (C=O) groups is 1. The number of hydrogen-bond donors (Lipinski definition) is 2. The summed E-state index contributed by atoms with van der Waals surface area (Å²) in [5.74, 6) is -0.306. The molecule has 0 aliphatic heterocycles. The molecule has 0 fully saturated rings. The summed E-state index contributed by atoms with van der Waals surface area (Å²) in [6.07, 6.45) is 0. The fourth-order valence-electron chi connectivity index (χ4n) is 1.63. The van der Waals surface area contributed by atoms with Crippen molar-refractivity contribution in [3.8, 4) is 0 Å². The van der Waals surface area contributed by atoms with Gasteiger partial charge in [-0.1, -0.05) is 28.9 Å². The summed E-state index contributed by atoms with van der Waals surface area (Å²) in [5.41, 5.74) is 1.38. The number of nitrogens with one attached hydrogen (secondary N) is 1. The second kappa shape index (κ2) is 5.86. The van der Waals surface area contributed by atoms with Crippen LogP contribution < -0.4 is 5.32 Å². The topological polar surface area (TPSA) is 75.4 Å². The van der Waals surface area contributed by atoms with Crippen molar-refractivity contribution < 1.29 is 14.4 Å². The van der Waals surface area contributed by atoms with E-state index in [2.05, 4.69) is 10.5 Å². The second-order valence-corrected chi connectivity index (χ2v) is 4.53. The highest BCUT2D eigenvalue weighted by Gasteiger charge is 2.17. The first-order chi connectivity index (χ1) is 9.10. The Balaban J connectivity index is 2.11. The molecule has 1 aromatic carbocycles. The van der Waals surface area contributed by atoms with Crippen molar-refractivity contribution in [3.63, 3.8) is 0 Å². The smallest absolute Gasteiger partial charge is 0.290 e. The highest BCUT2D eigenvalue weighted by atomic mass is 35.5. The van der Waals surface area contributed by atoms with Crippen LogP contribution in [0.1, 0.15) is 27.9 Å². The Morgan fingerprint density at radius 1 is 1.47 bits per heavy atom. The van der Waals surface area contributed by atoms with Gasteiger partial charge in [-0.3, -0.25) is 4.79 Å². The summed E-state index contributed by atoms with van der Waals surface area (Å²) in [4.78, 5) is 11.9. The van der Waals surface area contributed by atoms with Gasteiger partial charge in [0.2, 0.25) is 5.76 Å². The third-order valence-electron chi connectivity index (χ3n) is 2.61. The highest BCUT2D eigenvalue weighted by molar-refractivity contribution is 6.30. The van der Waals surface area contributed by atoms with E-state index >= 15 is 0 Å². The molecule has 2 N–H and O–H groups in total. The molecular formula is C13H13ClN2O3. The van der Waals surface area contributed by atoms with Crippen molar-refractivity contribution >= 4 is 17.5 Å². The molecule has 2 rings (SSSR count). The van der Waals surface area contributed by atoms with E-state index in [0.717, 1.165) is 5.56 Å². The average Bonchev–Trinajstić information content (AvgIpc) is 2.84. The number of aliphatic hydroxyl groups is 1. The number of amides is 1. The van der Waals surface area contributed by atoms with Crippen molar-refractivity contribution in [2.75, 3.05) is 6.61 Å². The number of rotatable bonds is 4. The molecule has 0 aliphatic rings. The molecule has 0 aliphatic carbocycles. The summed E-state index contributed by atoms with van der Waals surface area (Å²) in [6, 6.07) is 7.90. The summed E-state index contributed by atoms with van der Waals surface area (Å²) < 4.78 is 4.86. The lowest BCUT2D eigenvalue weighted by Crippen LogP contribution is -2.30. The second-order valence-electron chi connectivity index (χ2n) is 4.09. The van der Waals surface area contributed by atoms with Gasteiger partial charge in [0, 0.05) is 11.1 Å². The predicted octanol–water partition coefficient (Wildman–Crippen LogP) is 2.10. The number of aryl methyl sites for hydroxylation is 1. The van der Waals surface area contributed by atoms with Crippen molar-refractivity contribution in [3.05, 3.63) is 52.4 Å². The van der Waals surface area contributed by atoms with Crippen LogP contribution in [0.15, 0.2) is 34.9 Å². The quantitative estimate of drug-likeness (QED) is 0.899. The largest absolute Gasteiger partial charge is 0.394 e. The highest BCUT2D eigenvalue weighted by Crippen LogP contribution is 2.17. The van der Waals surface area contributed by atoms with E-state index in [1.165, 1.54) is 6.07 Å². The molecule has 0 saturated carbocycles. The Hall–Kier alpha value is -1.85. The fourth-order valence-corrected chi connectivity index (χ4v) is 1.76. The molecule has 6 heteroatoms. The maximum atomic E-state index is 11.9. The third kappa shape index (κ3) is 3.33. The maximum Gasteiger partial charge on any atom is 0.290 e. The van der Waals surface area contributed by atoms with E-state index in [-0.39, 0.29) is 12.4 Å². The first-order valence-corrected chi connectivity index (χ1v) is 6.08. The molecule has 2 aromatic rings. The minimum atomic E-state index is -0.518. The average molecular weight is 281 g/mol. The van der Waals surface area contributed by atoms with Gasteiger partial charge in [-0.25, -0.2) is 0 Å². The molecular weight excluding hydrogens is 268 g/mol. The van der Waals surface area contributed by atoms with E-state index in [4.69, 9.17) is 16.1 Å². The van der Waals surface area contributed by atoms with Crippen LogP contribution in [-0.2, 0) is 0 Å². The molecule has 1 aromatic heterocycles. The molecule has 0 spiro atoms.